The highest BCUT2D eigenvalue weighted by molar-refractivity contribution is 5.83. The molecule has 0 aromatic heterocycles. The van der Waals surface area contributed by atoms with Crippen molar-refractivity contribution in [2.24, 2.45) is 0 Å². The fourth-order valence-corrected chi connectivity index (χ4v) is 3.21. The smallest absolute Gasteiger partial charge is 0.223 e. The predicted octanol–water partition coefficient (Wildman–Crippen LogP) is 4.71. The van der Waals surface area contributed by atoms with E-state index in [1.54, 1.807) is 17.0 Å². The summed E-state index contributed by atoms with van der Waals surface area (Å²) in [7, 11) is 3.36. The normalized spacial score (nSPS) is 12.0. The lowest BCUT2D eigenvalue weighted by atomic mass is 10.0. The van der Waals surface area contributed by atoms with Gasteiger partial charge in [-0.25, -0.2) is 0 Å². The molecule has 1 N–H and O–H groups in total. The molecule has 0 fully saturated rings. The number of aryl methyl sites for hydroxylation is 1. The van der Waals surface area contributed by atoms with Crippen LogP contribution in [0.4, 0.5) is 0 Å². The second-order valence-corrected chi connectivity index (χ2v) is 6.79. The molecule has 0 aliphatic rings. The van der Waals surface area contributed by atoms with Crippen molar-refractivity contribution >= 4 is 16.7 Å². The van der Waals surface area contributed by atoms with Crippen LogP contribution in [0.5, 0.6) is 11.5 Å². The molecule has 4 nitrogen and oxygen atoms in total. The Balaban J connectivity index is 1.66. The maximum Gasteiger partial charge on any atom is 0.223 e. The van der Waals surface area contributed by atoms with Gasteiger partial charge in [0.05, 0.1) is 13.2 Å². The Kier molecular flexibility index (Phi) is 5.65. The minimum atomic E-state index is -0.00328. The van der Waals surface area contributed by atoms with E-state index in [0.29, 0.717) is 18.6 Å². The molecule has 0 saturated carbocycles. The average molecular weight is 363 g/mol. The molecule has 0 bridgehead atoms. The number of amides is 1. The van der Waals surface area contributed by atoms with Gasteiger partial charge < -0.3 is 14.7 Å². The summed E-state index contributed by atoms with van der Waals surface area (Å²) in [5.74, 6) is 0.621. The molecule has 4 heteroatoms. The molecule has 1 atom stereocenters. The summed E-state index contributed by atoms with van der Waals surface area (Å²) in [4.78, 5) is 14.5. The first-order valence-electron chi connectivity index (χ1n) is 9.10. The van der Waals surface area contributed by atoms with Crippen LogP contribution < -0.4 is 4.74 Å². The third kappa shape index (κ3) is 4.22. The number of fused-ring (bicyclic) bond motifs is 1. The molecule has 3 aromatic carbocycles. The first kappa shape index (κ1) is 18.8. The average Bonchev–Trinajstić information content (AvgIpc) is 2.71. The fraction of sp³-hybridized carbons (Fsp3) is 0.261. The van der Waals surface area contributed by atoms with Crippen molar-refractivity contribution in [2.75, 3.05) is 14.2 Å². The Morgan fingerprint density at radius 2 is 1.81 bits per heavy atom. The summed E-state index contributed by atoms with van der Waals surface area (Å²) in [6.07, 6.45) is 1.01. The Morgan fingerprint density at radius 3 is 2.56 bits per heavy atom. The van der Waals surface area contributed by atoms with E-state index in [-0.39, 0.29) is 17.7 Å². The zero-order valence-electron chi connectivity index (χ0n) is 16.0. The molecular weight excluding hydrogens is 338 g/mol. The van der Waals surface area contributed by atoms with Gasteiger partial charge in [0.1, 0.15) is 0 Å². The van der Waals surface area contributed by atoms with Crippen molar-refractivity contribution in [2.45, 2.75) is 25.8 Å². The van der Waals surface area contributed by atoms with Crippen molar-refractivity contribution < 1.29 is 14.6 Å². The minimum absolute atomic E-state index is 0.00328. The molecule has 3 rings (SSSR count). The van der Waals surface area contributed by atoms with E-state index in [1.807, 2.05) is 32.2 Å². The maximum absolute atomic E-state index is 12.7. The third-order valence-corrected chi connectivity index (χ3v) is 5.10. The second-order valence-electron chi connectivity index (χ2n) is 6.79. The first-order chi connectivity index (χ1) is 13.0. The quantitative estimate of drug-likeness (QED) is 0.690. The lowest BCUT2D eigenvalue weighted by molar-refractivity contribution is -0.131. The van der Waals surface area contributed by atoms with Gasteiger partial charge in [0, 0.05) is 13.5 Å². The number of methoxy groups -OCH3 is 1. The van der Waals surface area contributed by atoms with Gasteiger partial charge in [0.2, 0.25) is 5.91 Å². The molecule has 1 amide bonds. The topological polar surface area (TPSA) is 49.8 Å². The van der Waals surface area contributed by atoms with E-state index < -0.39 is 0 Å². The number of carbonyl (C=O) groups is 1. The number of phenols is 1. The van der Waals surface area contributed by atoms with Gasteiger partial charge in [-0.15, -0.1) is 0 Å². The molecule has 27 heavy (non-hydrogen) atoms. The summed E-state index contributed by atoms with van der Waals surface area (Å²) in [6, 6.07) is 19.7. The molecule has 140 valence electrons. The zero-order valence-corrected chi connectivity index (χ0v) is 16.0. The van der Waals surface area contributed by atoms with Gasteiger partial charge in [-0.1, -0.05) is 42.5 Å². The summed E-state index contributed by atoms with van der Waals surface area (Å²) >= 11 is 0. The van der Waals surface area contributed by atoms with E-state index in [9.17, 15) is 9.90 Å². The number of carbonyl (C=O) groups excluding carboxylic acids is 1. The Labute approximate surface area is 160 Å². The van der Waals surface area contributed by atoms with Crippen molar-refractivity contribution in [3.05, 3.63) is 71.8 Å². The second kappa shape index (κ2) is 8.12. The lowest BCUT2D eigenvalue weighted by Crippen LogP contribution is -2.29. The number of benzene rings is 3. The molecule has 3 aromatic rings. The number of rotatable bonds is 6. The number of nitrogens with zero attached hydrogens (tertiary/aromatic N) is 1. The number of hydrogen-bond donors (Lipinski definition) is 1. The zero-order chi connectivity index (χ0) is 19.4. The molecule has 0 spiro atoms. The molecule has 0 radical (unpaired) electrons. The monoisotopic (exact) mass is 363 g/mol. The van der Waals surface area contributed by atoms with Crippen LogP contribution >= 0.6 is 0 Å². The summed E-state index contributed by atoms with van der Waals surface area (Å²) in [5.41, 5.74) is 2.08. The third-order valence-electron chi connectivity index (χ3n) is 5.10. The summed E-state index contributed by atoms with van der Waals surface area (Å²) < 4.78 is 5.13. The summed E-state index contributed by atoms with van der Waals surface area (Å²) in [5, 5.41) is 12.1. The lowest BCUT2D eigenvalue weighted by Gasteiger charge is -2.26. The SMILES string of the molecule is COc1cc(CCC(=O)N(C)C(C)c2ccc3ccccc3c2)ccc1O. The van der Waals surface area contributed by atoms with Crippen LogP contribution in [0.3, 0.4) is 0 Å². The van der Waals surface area contributed by atoms with Crippen molar-refractivity contribution in [1.82, 2.24) is 4.90 Å². The van der Waals surface area contributed by atoms with E-state index in [1.165, 1.54) is 17.9 Å². The summed E-state index contributed by atoms with van der Waals surface area (Å²) in [6.45, 7) is 2.05. The van der Waals surface area contributed by atoms with Crippen LogP contribution in [0, 0.1) is 0 Å². The van der Waals surface area contributed by atoms with Gasteiger partial charge in [0.25, 0.3) is 0 Å². The minimum Gasteiger partial charge on any atom is -0.504 e. The van der Waals surface area contributed by atoms with Crippen LogP contribution in [-0.4, -0.2) is 30.1 Å². The largest absolute Gasteiger partial charge is 0.504 e. The van der Waals surface area contributed by atoms with Crippen LogP contribution in [0.2, 0.25) is 0 Å². The van der Waals surface area contributed by atoms with Gasteiger partial charge in [0.15, 0.2) is 11.5 Å². The molecular formula is C23H25NO3. The molecule has 0 aliphatic carbocycles. The Hall–Kier alpha value is -3.01. The standard InChI is InChI=1S/C23H25NO3/c1-16(19-11-10-18-6-4-5-7-20(18)15-19)24(2)23(26)13-9-17-8-12-21(25)22(14-17)27-3/h4-8,10-12,14-16,25H,9,13H2,1-3H3. The molecule has 1 unspecified atom stereocenters. The molecule has 0 heterocycles. The van der Waals surface area contributed by atoms with Crippen molar-refractivity contribution in [3.63, 3.8) is 0 Å². The van der Waals surface area contributed by atoms with Crippen LogP contribution in [0.1, 0.15) is 30.5 Å². The van der Waals surface area contributed by atoms with Crippen molar-refractivity contribution in [1.29, 1.82) is 0 Å². The predicted molar refractivity (Wildman–Crippen MR) is 108 cm³/mol. The van der Waals surface area contributed by atoms with Crippen LogP contribution in [-0.2, 0) is 11.2 Å². The number of ether oxygens (including phenoxy) is 1. The van der Waals surface area contributed by atoms with E-state index in [2.05, 4.69) is 30.3 Å². The van der Waals surface area contributed by atoms with E-state index >= 15 is 0 Å². The number of hydrogen-bond acceptors (Lipinski definition) is 3. The highest BCUT2D eigenvalue weighted by Crippen LogP contribution is 2.27. The maximum atomic E-state index is 12.7. The molecule has 0 aliphatic heterocycles. The number of phenolic OH excluding ortho intramolecular Hbond substituents is 1. The van der Waals surface area contributed by atoms with E-state index in [4.69, 9.17) is 4.74 Å². The van der Waals surface area contributed by atoms with Crippen molar-refractivity contribution in [3.8, 4) is 11.5 Å². The highest BCUT2D eigenvalue weighted by atomic mass is 16.5. The number of aromatic hydroxyl groups is 1. The fourth-order valence-electron chi connectivity index (χ4n) is 3.21. The van der Waals surface area contributed by atoms with Gasteiger partial charge >= 0.3 is 0 Å². The van der Waals surface area contributed by atoms with E-state index in [0.717, 1.165) is 11.1 Å². The van der Waals surface area contributed by atoms with Crippen LogP contribution in [0.25, 0.3) is 10.8 Å². The van der Waals surface area contributed by atoms with Gasteiger partial charge in [-0.3, -0.25) is 4.79 Å². The Morgan fingerprint density at radius 1 is 1.07 bits per heavy atom. The first-order valence-corrected chi connectivity index (χ1v) is 9.10. The van der Waals surface area contributed by atoms with Gasteiger partial charge in [-0.2, -0.15) is 0 Å². The molecule has 0 saturated heterocycles. The van der Waals surface area contributed by atoms with Crippen LogP contribution in [0.15, 0.2) is 60.7 Å². The Bertz CT molecular complexity index is 951. The highest BCUT2D eigenvalue weighted by Gasteiger charge is 2.17. The van der Waals surface area contributed by atoms with Gasteiger partial charge in [-0.05, 0) is 53.4 Å².